The molecule has 0 bridgehead atoms. The average Bonchev–Trinajstić information content (AvgIpc) is 2.54. The molecule has 0 atom stereocenters. The molecule has 0 aliphatic carbocycles. The smallest absolute Gasteiger partial charge is 0.0408 e. The predicted octanol–water partition coefficient (Wildman–Crippen LogP) is 5.52. The third-order valence-corrected chi connectivity index (χ3v) is 3.98. The fourth-order valence-corrected chi connectivity index (χ4v) is 2.84. The summed E-state index contributed by atoms with van der Waals surface area (Å²) >= 11 is 6.03. The van der Waals surface area contributed by atoms with E-state index >= 15 is 0 Å². The Hall–Kier alpha value is -2.05. The maximum Gasteiger partial charge on any atom is 0.0408 e. The van der Waals surface area contributed by atoms with E-state index in [0.717, 1.165) is 24.3 Å². The summed E-state index contributed by atoms with van der Waals surface area (Å²) in [6.45, 7) is 0. The van der Waals surface area contributed by atoms with Gasteiger partial charge in [0.1, 0.15) is 0 Å². The molecular weight excluding hydrogens is 288 g/mol. The Morgan fingerprint density at radius 3 is 2.36 bits per heavy atom. The monoisotopic (exact) mass is 305 g/mol. The van der Waals surface area contributed by atoms with Crippen molar-refractivity contribution in [3.63, 3.8) is 0 Å². The van der Waals surface area contributed by atoms with Gasteiger partial charge in [-0.2, -0.15) is 0 Å². The topological polar surface area (TPSA) is 0 Å². The minimum atomic E-state index is 0.805. The van der Waals surface area contributed by atoms with E-state index in [4.69, 9.17) is 11.6 Å². The van der Waals surface area contributed by atoms with Gasteiger partial charge in [-0.25, -0.2) is 0 Å². The van der Waals surface area contributed by atoms with Crippen molar-refractivity contribution in [2.24, 2.45) is 0 Å². The van der Waals surface area contributed by atoms with Crippen LogP contribution in [0.15, 0.2) is 72.8 Å². The van der Waals surface area contributed by atoms with E-state index in [1.165, 1.54) is 22.3 Å². The zero-order valence-corrected chi connectivity index (χ0v) is 13.2. The molecule has 0 heterocycles. The van der Waals surface area contributed by atoms with Gasteiger partial charge in [0.25, 0.3) is 0 Å². The highest BCUT2D eigenvalue weighted by Crippen LogP contribution is 2.15. The normalized spacial score (nSPS) is 10.6. The first-order chi connectivity index (χ1) is 10.8. The lowest BCUT2D eigenvalue weighted by atomic mass is 9.99. The van der Waals surface area contributed by atoms with Crippen molar-refractivity contribution in [2.45, 2.75) is 19.3 Å². The zero-order valence-electron chi connectivity index (χ0n) is 12.4. The molecule has 3 aromatic carbocycles. The van der Waals surface area contributed by atoms with E-state index in [2.05, 4.69) is 54.6 Å². The molecule has 1 radical (unpaired) electrons. The molecule has 0 spiro atoms. The summed E-state index contributed by atoms with van der Waals surface area (Å²) in [6, 6.07) is 28.4. The van der Waals surface area contributed by atoms with Crippen molar-refractivity contribution >= 4 is 11.6 Å². The number of aryl methyl sites for hydroxylation is 2. The standard InChI is InChI=1S/C21H18Cl/c22-21-11-5-9-19(16-21)13-12-18-8-4-10-20(15-18)14-17-6-2-1-3-7-17/h1-7,9-11,15-16H,12-14H2. The van der Waals surface area contributed by atoms with Crippen LogP contribution in [0.3, 0.4) is 0 Å². The molecule has 0 fully saturated rings. The lowest BCUT2D eigenvalue weighted by molar-refractivity contribution is 0.953. The number of hydrogen-bond donors (Lipinski definition) is 0. The lowest BCUT2D eigenvalue weighted by Crippen LogP contribution is -1.94. The van der Waals surface area contributed by atoms with Crippen LogP contribution in [-0.4, -0.2) is 0 Å². The summed E-state index contributed by atoms with van der Waals surface area (Å²) < 4.78 is 0. The van der Waals surface area contributed by atoms with E-state index < -0.39 is 0 Å². The number of benzene rings is 3. The highest BCUT2D eigenvalue weighted by molar-refractivity contribution is 6.30. The molecule has 0 aromatic heterocycles. The Balaban J connectivity index is 1.66. The van der Waals surface area contributed by atoms with Gasteiger partial charge in [0.2, 0.25) is 0 Å². The van der Waals surface area contributed by atoms with Crippen molar-refractivity contribution < 1.29 is 0 Å². The van der Waals surface area contributed by atoms with E-state index in [-0.39, 0.29) is 0 Å². The fourth-order valence-electron chi connectivity index (χ4n) is 2.63. The third-order valence-electron chi connectivity index (χ3n) is 3.75. The van der Waals surface area contributed by atoms with Gasteiger partial charge in [-0.05, 0) is 59.7 Å². The first-order valence-electron chi connectivity index (χ1n) is 7.57. The summed E-state index contributed by atoms with van der Waals surface area (Å²) in [5, 5.41) is 0.805. The van der Waals surface area contributed by atoms with Gasteiger partial charge in [0.15, 0.2) is 0 Å². The van der Waals surface area contributed by atoms with Crippen molar-refractivity contribution in [3.05, 3.63) is 106 Å². The molecule has 0 aliphatic heterocycles. The van der Waals surface area contributed by atoms with Crippen LogP contribution in [0.2, 0.25) is 5.02 Å². The van der Waals surface area contributed by atoms with E-state index in [1.807, 2.05) is 24.3 Å². The Kier molecular flexibility index (Phi) is 4.92. The van der Waals surface area contributed by atoms with Crippen LogP contribution in [0.4, 0.5) is 0 Å². The van der Waals surface area contributed by atoms with Crippen molar-refractivity contribution in [1.82, 2.24) is 0 Å². The Labute approximate surface area is 137 Å². The molecule has 0 N–H and O–H groups in total. The lowest BCUT2D eigenvalue weighted by Gasteiger charge is -2.06. The largest absolute Gasteiger partial charge is 0.0843 e. The third kappa shape index (κ3) is 4.22. The van der Waals surface area contributed by atoms with Crippen LogP contribution in [0.5, 0.6) is 0 Å². The van der Waals surface area contributed by atoms with E-state index in [1.54, 1.807) is 0 Å². The predicted molar refractivity (Wildman–Crippen MR) is 93.4 cm³/mol. The number of rotatable bonds is 5. The summed E-state index contributed by atoms with van der Waals surface area (Å²) in [6.07, 6.45) is 2.95. The van der Waals surface area contributed by atoms with Crippen LogP contribution in [0.1, 0.15) is 22.3 Å². The second-order valence-corrected chi connectivity index (χ2v) is 5.95. The SMILES string of the molecule is Clc1cccc(CCc2[c]ccc(Cc3ccccc3)c2)c1. The molecular formula is C21H18Cl. The van der Waals surface area contributed by atoms with Gasteiger partial charge >= 0.3 is 0 Å². The van der Waals surface area contributed by atoms with Crippen molar-refractivity contribution in [1.29, 1.82) is 0 Å². The van der Waals surface area contributed by atoms with Gasteiger partial charge in [0.05, 0.1) is 0 Å². The summed E-state index contributed by atoms with van der Waals surface area (Å²) in [7, 11) is 0. The molecule has 0 nitrogen and oxygen atoms in total. The minimum Gasteiger partial charge on any atom is -0.0843 e. The fraction of sp³-hybridized carbons (Fsp3) is 0.143. The van der Waals surface area contributed by atoms with Gasteiger partial charge in [-0.15, -0.1) is 0 Å². The van der Waals surface area contributed by atoms with Crippen LogP contribution in [0.25, 0.3) is 0 Å². The molecule has 22 heavy (non-hydrogen) atoms. The first-order valence-corrected chi connectivity index (χ1v) is 7.95. The maximum absolute atomic E-state index is 6.03. The summed E-state index contributed by atoms with van der Waals surface area (Å²) in [5.41, 5.74) is 5.21. The van der Waals surface area contributed by atoms with Crippen molar-refractivity contribution in [3.8, 4) is 0 Å². The number of hydrogen-bond acceptors (Lipinski definition) is 0. The summed E-state index contributed by atoms with van der Waals surface area (Å²) in [4.78, 5) is 0. The molecule has 1 heteroatoms. The van der Waals surface area contributed by atoms with E-state index in [0.29, 0.717) is 0 Å². The molecule has 109 valence electrons. The van der Waals surface area contributed by atoms with Gasteiger partial charge in [-0.3, -0.25) is 0 Å². The molecule has 3 rings (SSSR count). The Morgan fingerprint density at radius 2 is 1.55 bits per heavy atom. The first kappa shape index (κ1) is 14.9. The molecule has 0 amide bonds. The van der Waals surface area contributed by atoms with Gasteiger partial charge in [-0.1, -0.05) is 72.3 Å². The number of halogens is 1. The maximum atomic E-state index is 6.03. The Morgan fingerprint density at radius 1 is 0.727 bits per heavy atom. The second-order valence-electron chi connectivity index (χ2n) is 5.51. The minimum absolute atomic E-state index is 0.805. The quantitative estimate of drug-likeness (QED) is 0.582. The zero-order chi connectivity index (χ0) is 15.2. The van der Waals surface area contributed by atoms with Crippen molar-refractivity contribution in [2.75, 3.05) is 0 Å². The molecule has 0 saturated carbocycles. The highest BCUT2D eigenvalue weighted by Gasteiger charge is 2.00. The summed E-state index contributed by atoms with van der Waals surface area (Å²) in [5.74, 6) is 0. The Bertz CT molecular complexity index is 732. The van der Waals surface area contributed by atoms with Crippen LogP contribution >= 0.6 is 11.6 Å². The second kappa shape index (κ2) is 7.29. The highest BCUT2D eigenvalue weighted by atomic mass is 35.5. The van der Waals surface area contributed by atoms with Gasteiger partial charge in [0, 0.05) is 5.02 Å². The van der Waals surface area contributed by atoms with Crippen LogP contribution in [-0.2, 0) is 19.3 Å². The molecule has 0 aliphatic rings. The molecule has 0 saturated heterocycles. The average molecular weight is 306 g/mol. The molecule has 3 aromatic rings. The van der Waals surface area contributed by atoms with Crippen LogP contribution < -0.4 is 0 Å². The van der Waals surface area contributed by atoms with E-state index in [9.17, 15) is 0 Å². The molecule has 0 unspecified atom stereocenters. The van der Waals surface area contributed by atoms with Crippen LogP contribution in [0, 0.1) is 6.07 Å². The van der Waals surface area contributed by atoms with Gasteiger partial charge < -0.3 is 0 Å².